The van der Waals surface area contributed by atoms with Crippen LogP contribution < -0.4 is 5.32 Å². The fourth-order valence-corrected chi connectivity index (χ4v) is 2.33. The van der Waals surface area contributed by atoms with Gasteiger partial charge in [0, 0.05) is 16.9 Å². The summed E-state index contributed by atoms with van der Waals surface area (Å²) in [5.74, 6) is 0.194. The summed E-state index contributed by atoms with van der Waals surface area (Å²) in [6.45, 7) is 6.11. The smallest absolute Gasteiger partial charge is 0.326 e. The Hall–Kier alpha value is -1.17. The van der Waals surface area contributed by atoms with Crippen molar-refractivity contribution in [3.8, 4) is 0 Å². The molecular formula is C11H17N3O2S. The molecule has 0 aromatic carbocycles. The van der Waals surface area contributed by atoms with Crippen molar-refractivity contribution in [1.82, 2.24) is 9.36 Å². The van der Waals surface area contributed by atoms with E-state index in [-0.39, 0.29) is 11.3 Å². The highest BCUT2D eigenvalue weighted by Gasteiger charge is 2.37. The number of nitrogens with one attached hydrogen (secondary N) is 1. The van der Waals surface area contributed by atoms with E-state index in [4.69, 9.17) is 5.11 Å². The average Bonchev–Trinajstić information content (AvgIpc) is 2.91. The Morgan fingerprint density at radius 1 is 1.53 bits per heavy atom. The van der Waals surface area contributed by atoms with Gasteiger partial charge in [0.15, 0.2) is 0 Å². The molecule has 0 radical (unpaired) electrons. The number of hydrogen-bond donors (Lipinski definition) is 2. The number of aromatic nitrogens is 2. The zero-order valence-corrected chi connectivity index (χ0v) is 11.0. The highest BCUT2D eigenvalue weighted by atomic mass is 32.1. The Labute approximate surface area is 104 Å². The van der Waals surface area contributed by atoms with Crippen LogP contribution in [0.1, 0.15) is 39.4 Å². The Balaban J connectivity index is 2.07. The van der Waals surface area contributed by atoms with Crippen molar-refractivity contribution in [1.29, 1.82) is 0 Å². The molecule has 1 unspecified atom stereocenters. The molecule has 0 aliphatic heterocycles. The third-order valence-corrected chi connectivity index (χ3v) is 3.38. The predicted octanol–water partition coefficient (Wildman–Crippen LogP) is 2.11. The Kier molecular flexibility index (Phi) is 3.07. The molecule has 2 N–H and O–H groups in total. The van der Waals surface area contributed by atoms with Gasteiger partial charge in [-0.3, -0.25) is 0 Å². The summed E-state index contributed by atoms with van der Waals surface area (Å²) in [6, 6.07) is -0.518. The Morgan fingerprint density at radius 2 is 2.18 bits per heavy atom. The SMILES string of the molecule is CC(C)(C)c1nsc(NC(C(=O)O)C2CC2)n1. The second kappa shape index (κ2) is 4.25. The van der Waals surface area contributed by atoms with Crippen molar-refractivity contribution in [3.05, 3.63) is 5.82 Å². The first kappa shape index (κ1) is 12.3. The van der Waals surface area contributed by atoms with Crippen LogP contribution in [0.3, 0.4) is 0 Å². The van der Waals surface area contributed by atoms with Crippen LogP contribution in [0.25, 0.3) is 0 Å². The van der Waals surface area contributed by atoms with Gasteiger partial charge < -0.3 is 10.4 Å². The summed E-state index contributed by atoms with van der Waals surface area (Å²) < 4.78 is 4.25. The molecule has 1 aromatic heterocycles. The fourth-order valence-electron chi connectivity index (χ4n) is 1.53. The molecule has 0 spiro atoms. The molecule has 1 aromatic rings. The topological polar surface area (TPSA) is 75.1 Å². The normalized spacial score (nSPS) is 17.8. The van der Waals surface area contributed by atoms with Crippen LogP contribution in [0.4, 0.5) is 5.13 Å². The maximum Gasteiger partial charge on any atom is 0.326 e. The Morgan fingerprint density at radius 3 is 2.59 bits per heavy atom. The minimum atomic E-state index is -0.806. The number of carboxylic acids is 1. The molecule has 1 saturated carbocycles. The Bertz CT molecular complexity index is 421. The first-order chi connectivity index (χ1) is 7.88. The van der Waals surface area contributed by atoms with Crippen LogP contribution in [-0.2, 0) is 10.2 Å². The van der Waals surface area contributed by atoms with Crippen molar-refractivity contribution in [3.63, 3.8) is 0 Å². The zero-order chi connectivity index (χ0) is 12.6. The van der Waals surface area contributed by atoms with Crippen LogP contribution in [0, 0.1) is 5.92 Å². The fraction of sp³-hybridized carbons (Fsp3) is 0.727. The molecule has 94 valence electrons. The van der Waals surface area contributed by atoms with Crippen LogP contribution >= 0.6 is 11.5 Å². The molecule has 1 aliphatic rings. The summed E-state index contributed by atoms with van der Waals surface area (Å²) in [7, 11) is 0. The van der Waals surface area contributed by atoms with Crippen LogP contribution in [0.15, 0.2) is 0 Å². The quantitative estimate of drug-likeness (QED) is 0.862. The first-order valence-electron chi connectivity index (χ1n) is 5.71. The van der Waals surface area contributed by atoms with E-state index in [1.54, 1.807) is 0 Å². The molecule has 1 heterocycles. The molecule has 17 heavy (non-hydrogen) atoms. The van der Waals surface area contributed by atoms with Crippen molar-refractivity contribution in [2.45, 2.75) is 45.1 Å². The molecule has 0 bridgehead atoms. The zero-order valence-electron chi connectivity index (χ0n) is 10.2. The van der Waals surface area contributed by atoms with Gasteiger partial charge in [-0.05, 0) is 18.8 Å². The van der Waals surface area contributed by atoms with Crippen LogP contribution in [-0.4, -0.2) is 26.5 Å². The highest BCUT2D eigenvalue weighted by Crippen LogP contribution is 2.35. The largest absolute Gasteiger partial charge is 0.480 e. The molecular weight excluding hydrogens is 238 g/mol. The van der Waals surface area contributed by atoms with Gasteiger partial charge in [0.25, 0.3) is 0 Å². The van der Waals surface area contributed by atoms with E-state index in [2.05, 4.69) is 14.7 Å². The molecule has 6 heteroatoms. The van der Waals surface area contributed by atoms with Gasteiger partial charge in [-0.2, -0.15) is 4.37 Å². The van der Waals surface area contributed by atoms with Crippen molar-refractivity contribution < 1.29 is 9.90 Å². The van der Waals surface area contributed by atoms with Gasteiger partial charge in [0.1, 0.15) is 11.9 Å². The third-order valence-electron chi connectivity index (χ3n) is 2.74. The van der Waals surface area contributed by atoms with E-state index in [0.29, 0.717) is 5.13 Å². The highest BCUT2D eigenvalue weighted by molar-refractivity contribution is 7.09. The lowest BCUT2D eigenvalue weighted by Crippen LogP contribution is -2.31. The van der Waals surface area contributed by atoms with Gasteiger partial charge in [-0.1, -0.05) is 20.8 Å². The summed E-state index contributed by atoms with van der Waals surface area (Å²) >= 11 is 1.23. The summed E-state index contributed by atoms with van der Waals surface area (Å²) in [4.78, 5) is 15.4. The molecule has 1 atom stereocenters. The summed E-state index contributed by atoms with van der Waals surface area (Å²) in [5, 5.41) is 12.7. The minimum Gasteiger partial charge on any atom is -0.480 e. The predicted molar refractivity (Wildman–Crippen MR) is 66.4 cm³/mol. The van der Waals surface area contributed by atoms with Crippen LogP contribution in [0.5, 0.6) is 0 Å². The van der Waals surface area contributed by atoms with E-state index in [0.717, 1.165) is 18.7 Å². The van der Waals surface area contributed by atoms with Gasteiger partial charge in [-0.25, -0.2) is 9.78 Å². The van der Waals surface area contributed by atoms with E-state index < -0.39 is 12.0 Å². The van der Waals surface area contributed by atoms with Crippen molar-refractivity contribution in [2.75, 3.05) is 5.32 Å². The van der Waals surface area contributed by atoms with Gasteiger partial charge in [0.2, 0.25) is 5.13 Å². The second-order valence-corrected chi connectivity index (χ2v) is 6.22. The lowest BCUT2D eigenvalue weighted by atomic mass is 9.96. The number of rotatable bonds is 4. The summed E-state index contributed by atoms with van der Waals surface area (Å²) in [5.41, 5.74) is -0.102. The van der Waals surface area contributed by atoms with E-state index in [1.165, 1.54) is 11.5 Å². The summed E-state index contributed by atoms with van der Waals surface area (Å²) in [6.07, 6.45) is 1.96. The van der Waals surface area contributed by atoms with E-state index >= 15 is 0 Å². The average molecular weight is 255 g/mol. The third kappa shape index (κ3) is 2.94. The molecule has 0 amide bonds. The molecule has 2 rings (SSSR count). The maximum atomic E-state index is 11.1. The molecule has 1 aliphatic carbocycles. The van der Waals surface area contributed by atoms with Gasteiger partial charge in [0.05, 0.1) is 0 Å². The minimum absolute atomic E-state index is 0.102. The lowest BCUT2D eigenvalue weighted by molar-refractivity contribution is -0.138. The number of aliphatic carboxylic acids is 1. The second-order valence-electron chi connectivity index (χ2n) is 5.47. The standard InChI is InChI=1S/C11H17N3O2S/c1-11(2,3)9-13-10(17-14-9)12-7(8(15)16)6-4-5-6/h6-7H,4-5H2,1-3H3,(H,15,16)(H,12,13,14). The van der Waals surface area contributed by atoms with Crippen molar-refractivity contribution >= 4 is 22.6 Å². The molecule has 0 saturated heterocycles. The first-order valence-corrected chi connectivity index (χ1v) is 6.49. The number of hydrogen-bond acceptors (Lipinski definition) is 5. The maximum absolute atomic E-state index is 11.1. The monoisotopic (exact) mass is 255 g/mol. The number of carbonyl (C=O) groups is 1. The lowest BCUT2D eigenvalue weighted by Gasteiger charge is -2.13. The van der Waals surface area contributed by atoms with Crippen LogP contribution in [0.2, 0.25) is 0 Å². The van der Waals surface area contributed by atoms with Crippen molar-refractivity contribution in [2.24, 2.45) is 5.92 Å². The van der Waals surface area contributed by atoms with E-state index in [9.17, 15) is 4.79 Å². The number of carboxylic acid groups (broad SMARTS) is 1. The van der Waals surface area contributed by atoms with Gasteiger partial charge >= 0.3 is 5.97 Å². The number of anilines is 1. The van der Waals surface area contributed by atoms with Gasteiger partial charge in [-0.15, -0.1) is 0 Å². The number of nitrogens with zero attached hydrogens (tertiary/aromatic N) is 2. The molecule has 5 nitrogen and oxygen atoms in total. The molecule has 1 fully saturated rings. The van der Waals surface area contributed by atoms with E-state index in [1.807, 2.05) is 20.8 Å².